The summed E-state index contributed by atoms with van der Waals surface area (Å²) in [6, 6.07) is 12.9. The van der Waals surface area contributed by atoms with Gasteiger partial charge in [-0.3, -0.25) is 9.59 Å². The number of fused-ring (bicyclic) bond motifs is 1. The number of amides is 2. The molecule has 0 radical (unpaired) electrons. The van der Waals surface area contributed by atoms with E-state index in [1.165, 1.54) is 13.4 Å². The van der Waals surface area contributed by atoms with E-state index in [1.54, 1.807) is 13.0 Å². The highest BCUT2D eigenvalue weighted by atomic mass is 16.5. The van der Waals surface area contributed by atoms with Crippen LogP contribution in [-0.4, -0.2) is 40.0 Å². The van der Waals surface area contributed by atoms with E-state index in [2.05, 4.69) is 27.2 Å². The molecule has 0 bridgehead atoms. The normalized spacial score (nSPS) is 11.0. The van der Waals surface area contributed by atoms with Gasteiger partial charge in [-0.1, -0.05) is 38.6 Å². The summed E-state index contributed by atoms with van der Waals surface area (Å²) in [6.07, 6.45) is 1.43. The van der Waals surface area contributed by atoms with Gasteiger partial charge < -0.3 is 25.7 Å². The van der Waals surface area contributed by atoms with Crippen molar-refractivity contribution in [2.45, 2.75) is 20.8 Å². The Hall–Kier alpha value is -4.66. The van der Waals surface area contributed by atoms with Crippen molar-refractivity contribution in [3.05, 3.63) is 66.5 Å². The molecule has 4 N–H and O–H groups in total. The molecule has 2 aromatic carbocycles. The Labute approximate surface area is 221 Å². The third-order valence-electron chi connectivity index (χ3n) is 6.21. The van der Waals surface area contributed by atoms with E-state index in [0.717, 1.165) is 22.4 Å². The predicted octanol–water partition coefficient (Wildman–Crippen LogP) is 4.79. The first-order valence-corrected chi connectivity index (χ1v) is 12.2. The smallest absolute Gasteiger partial charge is 0.255 e. The minimum absolute atomic E-state index is 0.199. The highest BCUT2D eigenvalue weighted by molar-refractivity contribution is 6.09. The number of hydrogen-bond donors (Lipinski definition) is 3. The summed E-state index contributed by atoms with van der Waals surface area (Å²) in [5.74, 6) is 0.673. The first-order chi connectivity index (χ1) is 18.1. The number of ether oxygens (including phenoxy) is 1. The Morgan fingerprint density at radius 2 is 1.79 bits per heavy atom. The maximum Gasteiger partial charge on any atom is 0.255 e. The molecule has 0 spiro atoms. The van der Waals surface area contributed by atoms with Gasteiger partial charge in [-0.15, -0.1) is 0 Å². The molecule has 4 rings (SSSR count). The van der Waals surface area contributed by atoms with Crippen molar-refractivity contribution >= 4 is 34.4 Å². The van der Waals surface area contributed by atoms with Gasteiger partial charge in [-0.05, 0) is 48.2 Å². The van der Waals surface area contributed by atoms with Gasteiger partial charge in [0, 0.05) is 30.4 Å². The summed E-state index contributed by atoms with van der Waals surface area (Å²) >= 11 is 0. The third kappa shape index (κ3) is 5.08. The van der Waals surface area contributed by atoms with Gasteiger partial charge in [0.1, 0.15) is 23.5 Å². The van der Waals surface area contributed by atoms with Gasteiger partial charge in [0.2, 0.25) is 0 Å². The molecular formula is C29H32N6O3. The number of rotatable bonds is 8. The van der Waals surface area contributed by atoms with Crippen LogP contribution in [0.3, 0.4) is 0 Å². The molecule has 4 aromatic rings. The van der Waals surface area contributed by atoms with Gasteiger partial charge in [0.05, 0.1) is 23.8 Å². The number of nitrogens with one attached hydrogen (secondary N) is 2. The molecule has 0 saturated carbocycles. The van der Waals surface area contributed by atoms with E-state index in [0.29, 0.717) is 51.9 Å². The van der Waals surface area contributed by atoms with Crippen molar-refractivity contribution in [3.63, 3.8) is 0 Å². The van der Waals surface area contributed by atoms with Crippen LogP contribution in [0.5, 0.6) is 5.75 Å². The number of nitrogen functional groups attached to an aromatic ring is 1. The lowest BCUT2D eigenvalue weighted by molar-refractivity contribution is -0.112. The number of aryl methyl sites for hydroxylation is 1. The molecule has 9 heteroatoms. The monoisotopic (exact) mass is 512 g/mol. The van der Waals surface area contributed by atoms with Crippen molar-refractivity contribution < 1.29 is 14.3 Å². The fraction of sp³-hybridized carbons (Fsp3) is 0.241. The first kappa shape index (κ1) is 26.4. The zero-order valence-electron chi connectivity index (χ0n) is 22.3. The van der Waals surface area contributed by atoms with E-state index < -0.39 is 0 Å². The lowest BCUT2D eigenvalue weighted by atomic mass is 9.97. The van der Waals surface area contributed by atoms with Crippen LogP contribution < -0.4 is 21.1 Å². The molecular weight excluding hydrogens is 480 g/mol. The SMILES string of the molecule is C=C(C)C(=O)Nc1ccc(-c2c(-c3ccc(C(=O)NCC(C)C)c(OC)c3)c3c(N)ncnc3n2C)cc1. The highest BCUT2D eigenvalue weighted by Gasteiger charge is 2.23. The molecule has 2 aromatic heterocycles. The van der Waals surface area contributed by atoms with Crippen molar-refractivity contribution in [2.75, 3.05) is 24.7 Å². The molecule has 9 nitrogen and oxygen atoms in total. The standard InChI is InChI=1S/C29H32N6O3/c1-16(2)14-31-29(37)21-12-9-19(13-22(21)38-6)23-24-26(30)32-15-33-27(24)35(5)25(23)18-7-10-20(11-8-18)34-28(36)17(3)4/h7-13,15-16H,3,14H2,1-2,4-6H3,(H,31,37)(H,34,36)(H2,30,32,33). The largest absolute Gasteiger partial charge is 0.496 e. The van der Waals surface area contributed by atoms with Crippen LogP contribution >= 0.6 is 0 Å². The van der Waals surface area contributed by atoms with E-state index in [1.807, 2.05) is 61.9 Å². The fourth-order valence-corrected chi connectivity index (χ4v) is 4.27. The first-order valence-electron chi connectivity index (χ1n) is 12.2. The molecule has 0 aliphatic heterocycles. The van der Waals surface area contributed by atoms with E-state index in [4.69, 9.17) is 10.5 Å². The van der Waals surface area contributed by atoms with Crippen LogP contribution in [0, 0.1) is 5.92 Å². The predicted molar refractivity (Wildman–Crippen MR) is 151 cm³/mol. The number of nitrogens with two attached hydrogens (primary N) is 1. The van der Waals surface area contributed by atoms with Crippen molar-refractivity contribution in [3.8, 4) is 28.1 Å². The molecule has 2 heterocycles. The van der Waals surface area contributed by atoms with Gasteiger partial charge in [0.25, 0.3) is 11.8 Å². The molecule has 0 fully saturated rings. The number of hydrogen-bond acceptors (Lipinski definition) is 6. The number of benzene rings is 2. The molecule has 38 heavy (non-hydrogen) atoms. The van der Waals surface area contributed by atoms with E-state index in [9.17, 15) is 9.59 Å². The zero-order chi connectivity index (χ0) is 27.6. The van der Waals surface area contributed by atoms with Gasteiger partial charge in [-0.25, -0.2) is 9.97 Å². The summed E-state index contributed by atoms with van der Waals surface area (Å²) in [6.45, 7) is 9.98. The van der Waals surface area contributed by atoms with Crippen molar-refractivity contribution in [2.24, 2.45) is 13.0 Å². The topological polar surface area (TPSA) is 124 Å². The Morgan fingerprint density at radius 1 is 1.11 bits per heavy atom. The summed E-state index contributed by atoms with van der Waals surface area (Å²) in [4.78, 5) is 33.6. The number of aromatic nitrogens is 3. The van der Waals surface area contributed by atoms with Crippen LogP contribution in [0.25, 0.3) is 33.4 Å². The average Bonchev–Trinajstić information content (AvgIpc) is 3.20. The summed E-state index contributed by atoms with van der Waals surface area (Å²) < 4.78 is 7.58. The Morgan fingerprint density at radius 3 is 2.42 bits per heavy atom. The summed E-state index contributed by atoms with van der Waals surface area (Å²) in [5, 5.41) is 6.46. The second-order valence-electron chi connectivity index (χ2n) is 9.57. The lowest BCUT2D eigenvalue weighted by Gasteiger charge is -2.14. The summed E-state index contributed by atoms with van der Waals surface area (Å²) in [5.41, 5.74) is 11.9. The third-order valence-corrected chi connectivity index (χ3v) is 6.21. The van der Waals surface area contributed by atoms with Crippen LogP contribution in [0.4, 0.5) is 11.5 Å². The van der Waals surface area contributed by atoms with Crippen LogP contribution in [0.1, 0.15) is 31.1 Å². The quantitative estimate of drug-likeness (QED) is 0.292. The van der Waals surface area contributed by atoms with Crippen LogP contribution in [-0.2, 0) is 11.8 Å². The second kappa shape index (κ2) is 10.8. The van der Waals surface area contributed by atoms with Crippen molar-refractivity contribution in [1.82, 2.24) is 19.9 Å². The van der Waals surface area contributed by atoms with Crippen molar-refractivity contribution in [1.29, 1.82) is 0 Å². The van der Waals surface area contributed by atoms with Gasteiger partial charge in [0.15, 0.2) is 0 Å². The average molecular weight is 513 g/mol. The maximum absolute atomic E-state index is 12.8. The minimum Gasteiger partial charge on any atom is -0.496 e. The molecule has 0 aliphatic carbocycles. The zero-order valence-corrected chi connectivity index (χ0v) is 22.3. The Balaban J connectivity index is 1.86. The minimum atomic E-state index is -0.240. The molecule has 0 atom stereocenters. The lowest BCUT2D eigenvalue weighted by Crippen LogP contribution is -2.27. The molecule has 0 aliphatic rings. The van der Waals surface area contributed by atoms with Crippen LogP contribution in [0.15, 0.2) is 60.9 Å². The summed E-state index contributed by atoms with van der Waals surface area (Å²) in [7, 11) is 3.45. The second-order valence-corrected chi connectivity index (χ2v) is 9.57. The number of anilines is 2. The number of methoxy groups -OCH3 is 1. The Bertz CT molecular complexity index is 1540. The van der Waals surface area contributed by atoms with E-state index in [-0.39, 0.29) is 11.8 Å². The maximum atomic E-state index is 12.8. The highest BCUT2D eigenvalue weighted by Crippen LogP contribution is 2.43. The fourth-order valence-electron chi connectivity index (χ4n) is 4.27. The van der Waals surface area contributed by atoms with Crippen LogP contribution in [0.2, 0.25) is 0 Å². The number of carbonyl (C=O) groups is 2. The molecule has 196 valence electrons. The van der Waals surface area contributed by atoms with E-state index >= 15 is 0 Å². The molecule has 0 saturated heterocycles. The molecule has 2 amide bonds. The van der Waals surface area contributed by atoms with Gasteiger partial charge in [-0.2, -0.15) is 0 Å². The molecule has 0 unspecified atom stereocenters. The Kier molecular flexibility index (Phi) is 7.47. The van der Waals surface area contributed by atoms with Gasteiger partial charge >= 0.3 is 0 Å². The number of carbonyl (C=O) groups excluding carboxylic acids is 2. The number of nitrogens with zero attached hydrogens (tertiary/aromatic N) is 3.